The molecule has 0 aliphatic heterocycles. The maximum Gasteiger partial charge on any atom is 0.0804 e. The van der Waals surface area contributed by atoms with Crippen LogP contribution in [0.2, 0.25) is 10.0 Å². The molecular weight excluding hydrogens is 185 g/mol. The predicted octanol–water partition coefficient (Wildman–Crippen LogP) is 1.52. The van der Waals surface area contributed by atoms with Gasteiger partial charge in [-0.1, -0.05) is 23.2 Å². The standard InChI is InChI=1S/C6H5Cl2N.H4N2/c1-4-6(8)5(7)2-3-9-4;1-2/h2-3H,1H3;1-2H2. The Labute approximate surface area is 75.3 Å². The van der Waals surface area contributed by atoms with E-state index in [1.165, 1.54) is 0 Å². The van der Waals surface area contributed by atoms with Crippen LogP contribution in [0.25, 0.3) is 0 Å². The predicted molar refractivity (Wildman–Crippen MR) is 47.4 cm³/mol. The average Bonchev–Trinajstić information content (AvgIpc) is 2.04. The van der Waals surface area contributed by atoms with Gasteiger partial charge < -0.3 is 0 Å². The SMILES string of the molecule is Cc1nccc(Cl)c1Cl.NN. The lowest BCUT2D eigenvalue weighted by molar-refractivity contribution is 1.20. The zero-order chi connectivity index (χ0) is 8.85. The van der Waals surface area contributed by atoms with Crippen LogP contribution >= 0.6 is 23.2 Å². The van der Waals surface area contributed by atoms with Crippen LogP contribution in [0.4, 0.5) is 0 Å². The Kier molecular flexibility index (Phi) is 5.15. The molecule has 0 radical (unpaired) electrons. The molecule has 11 heavy (non-hydrogen) atoms. The third kappa shape index (κ3) is 3.03. The van der Waals surface area contributed by atoms with Crippen molar-refractivity contribution in [2.45, 2.75) is 6.92 Å². The highest BCUT2D eigenvalue weighted by molar-refractivity contribution is 6.42. The first-order valence-electron chi connectivity index (χ1n) is 2.82. The largest absolute Gasteiger partial charge is 0.274 e. The van der Waals surface area contributed by atoms with Crippen molar-refractivity contribution in [3.63, 3.8) is 0 Å². The van der Waals surface area contributed by atoms with Crippen LogP contribution in [0.1, 0.15) is 5.69 Å². The number of halogens is 2. The molecule has 3 nitrogen and oxygen atoms in total. The lowest BCUT2D eigenvalue weighted by Crippen LogP contribution is -2.02. The Hall–Kier alpha value is -0.350. The quantitative estimate of drug-likeness (QED) is 0.486. The van der Waals surface area contributed by atoms with Gasteiger partial charge in [-0.25, -0.2) is 0 Å². The Balaban J connectivity index is 0.000000461. The highest BCUT2D eigenvalue weighted by Gasteiger charge is 1.98. The summed E-state index contributed by atoms with van der Waals surface area (Å²) in [6.45, 7) is 1.81. The van der Waals surface area contributed by atoms with Crippen molar-refractivity contribution in [2.75, 3.05) is 0 Å². The maximum atomic E-state index is 5.68. The number of rotatable bonds is 0. The normalized spacial score (nSPS) is 8.45. The van der Waals surface area contributed by atoms with E-state index in [0.29, 0.717) is 10.0 Å². The fourth-order valence-electron chi connectivity index (χ4n) is 0.517. The monoisotopic (exact) mass is 193 g/mol. The Morgan fingerprint density at radius 1 is 1.36 bits per heavy atom. The van der Waals surface area contributed by atoms with Gasteiger partial charge in [0.15, 0.2) is 0 Å². The molecule has 0 aliphatic rings. The van der Waals surface area contributed by atoms with E-state index in [-0.39, 0.29) is 0 Å². The van der Waals surface area contributed by atoms with Gasteiger partial charge in [-0.15, -0.1) is 0 Å². The van der Waals surface area contributed by atoms with Crippen LogP contribution in [0, 0.1) is 6.92 Å². The summed E-state index contributed by atoms with van der Waals surface area (Å²) in [7, 11) is 0. The fourth-order valence-corrected chi connectivity index (χ4v) is 0.822. The molecule has 1 aromatic heterocycles. The van der Waals surface area contributed by atoms with Crippen molar-refractivity contribution >= 4 is 23.2 Å². The van der Waals surface area contributed by atoms with Gasteiger partial charge in [0.05, 0.1) is 15.7 Å². The average molecular weight is 194 g/mol. The Morgan fingerprint density at radius 2 is 1.91 bits per heavy atom. The highest BCUT2D eigenvalue weighted by atomic mass is 35.5. The van der Waals surface area contributed by atoms with Gasteiger partial charge in [0.2, 0.25) is 0 Å². The number of hydrogen-bond acceptors (Lipinski definition) is 3. The minimum Gasteiger partial charge on any atom is -0.274 e. The number of hydrazine groups is 1. The second kappa shape index (κ2) is 5.32. The minimum atomic E-state index is 0.541. The van der Waals surface area contributed by atoms with Crippen molar-refractivity contribution in [1.82, 2.24) is 4.98 Å². The maximum absolute atomic E-state index is 5.68. The molecule has 0 saturated carbocycles. The molecule has 4 N–H and O–H groups in total. The van der Waals surface area contributed by atoms with Gasteiger partial charge in [-0.3, -0.25) is 16.7 Å². The molecular formula is C6H9Cl2N3. The van der Waals surface area contributed by atoms with Gasteiger partial charge in [0.25, 0.3) is 0 Å². The van der Waals surface area contributed by atoms with E-state index >= 15 is 0 Å². The number of nitrogens with two attached hydrogens (primary N) is 2. The molecule has 0 bridgehead atoms. The molecule has 0 spiro atoms. The Bertz CT molecular complexity index is 207. The van der Waals surface area contributed by atoms with Crippen LogP contribution in [0.3, 0.4) is 0 Å². The smallest absolute Gasteiger partial charge is 0.0804 e. The van der Waals surface area contributed by atoms with Crippen molar-refractivity contribution in [2.24, 2.45) is 11.7 Å². The molecule has 62 valence electrons. The summed E-state index contributed by atoms with van der Waals surface area (Å²) in [5.41, 5.74) is 0.768. The second-order valence-electron chi connectivity index (χ2n) is 1.69. The number of nitrogens with zero attached hydrogens (tertiary/aromatic N) is 1. The van der Waals surface area contributed by atoms with E-state index < -0.39 is 0 Å². The zero-order valence-electron chi connectivity index (χ0n) is 6.01. The van der Waals surface area contributed by atoms with E-state index in [2.05, 4.69) is 16.7 Å². The highest BCUT2D eigenvalue weighted by Crippen LogP contribution is 2.22. The lowest BCUT2D eigenvalue weighted by Gasteiger charge is -1.95. The summed E-state index contributed by atoms with van der Waals surface area (Å²) in [5, 5.41) is 1.10. The number of pyridine rings is 1. The molecule has 0 amide bonds. The molecule has 0 unspecified atom stereocenters. The zero-order valence-corrected chi connectivity index (χ0v) is 7.52. The molecule has 0 aromatic carbocycles. The van der Waals surface area contributed by atoms with Gasteiger partial charge >= 0.3 is 0 Å². The summed E-state index contributed by atoms with van der Waals surface area (Å²) in [6, 6.07) is 1.66. The number of hydrogen-bond donors (Lipinski definition) is 2. The summed E-state index contributed by atoms with van der Waals surface area (Å²) in [4.78, 5) is 3.92. The van der Waals surface area contributed by atoms with Crippen LogP contribution in [-0.2, 0) is 0 Å². The van der Waals surface area contributed by atoms with E-state index in [0.717, 1.165) is 5.69 Å². The van der Waals surface area contributed by atoms with Crippen LogP contribution in [0.15, 0.2) is 12.3 Å². The summed E-state index contributed by atoms with van der Waals surface area (Å²) < 4.78 is 0. The van der Waals surface area contributed by atoms with Crippen LogP contribution in [0.5, 0.6) is 0 Å². The third-order valence-corrected chi connectivity index (χ3v) is 1.91. The molecule has 1 heterocycles. The second-order valence-corrected chi connectivity index (χ2v) is 2.48. The minimum absolute atomic E-state index is 0.541. The van der Waals surface area contributed by atoms with Crippen molar-refractivity contribution in [3.8, 4) is 0 Å². The van der Waals surface area contributed by atoms with Gasteiger partial charge in [0, 0.05) is 6.20 Å². The number of aromatic nitrogens is 1. The first-order chi connectivity index (χ1) is 5.22. The van der Waals surface area contributed by atoms with Crippen molar-refractivity contribution in [1.29, 1.82) is 0 Å². The summed E-state index contributed by atoms with van der Waals surface area (Å²) in [6.07, 6.45) is 1.63. The summed E-state index contributed by atoms with van der Waals surface area (Å²) in [5.74, 6) is 8.00. The topological polar surface area (TPSA) is 64.9 Å². The number of aryl methyl sites for hydroxylation is 1. The van der Waals surface area contributed by atoms with E-state index in [4.69, 9.17) is 23.2 Å². The van der Waals surface area contributed by atoms with E-state index in [1.807, 2.05) is 6.92 Å². The van der Waals surface area contributed by atoms with Crippen molar-refractivity contribution in [3.05, 3.63) is 28.0 Å². The van der Waals surface area contributed by atoms with Crippen LogP contribution in [-0.4, -0.2) is 4.98 Å². The third-order valence-electron chi connectivity index (χ3n) is 1.02. The molecule has 1 rings (SSSR count). The first kappa shape index (κ1) is 10.7. The lowest BCUT2D eigenvalue weighted by atomic mass is 10.4. The van der Waals surface area contributed by atoms with Gasteiger partial charge in [-0.05, 0) is 13.0 Å². The molecule has 0 aliphatic carbocycles. The van der Waals surface area contributed by atoms with Crippen LogP contribution < -0.4 is 11.7 Å². The van der Waals surface area contributed by atoms with Gasteiger partial charge in [0.1, 0.15) is 0 Å². The molecule has 0 fully saturated rings. The van der Waals surface area contributed by atoms with Crippen molar-refractivity contribution < 1.29 is 0 Å². The van der Waals surface area contributed by atoms with Gasteiger partial charge in [-0.2, -0.15) is 0 Å². The Morgan fingerprint density at radius 3 is 2.27 bits per heavy atom. The summed E-state index contributed by atoms with van der Waals surface area (Å²) >= 11 is 11.3. The van der Waals surface area contributed by atoms with E-state index in [1.54, 1.807) is 12.3 Å². The molecule has 5 heteroatoms. The van der Waals surface area contributed by atoms with E-state index in [9.17, 15) is 0 Å². The fraction of sp³-hybridized carbons (Fsp3) is 0.167. The molecule has 0 saturated heterocycles. The first-order valence-corrected chi connectivity index (χ1v) is 3.57. The molecule has 1 aromatic rings. The molecule has 0 atom stereocenters.